The number of carbonyl (C=O) groups is 1. The van der Waals surface area contributed by atoms with Gasteiger partial charge in [-0.25, -0.2) is 0 Å². The van der Waals surface area contributed by atoms with E-state index < -0.39 is 12.8 Å². The van der Waals surface area contributed by atoms with Crippen molar-refractivity contribution in [3.63, 3.8) is 0 Å². The number of hydrogen-bond acceptors (Lipinski definition) is 3. The molecular weight excluding hydrogens is 237 g/mol. The lowest BCUT2D eigenvalue weighted by Crippen LogP contribution is -2.39. The number of hydrogen-bond donors (Lipinski definition) is 1. The fraction of sp³-hybridized carbons (Fsp3) is 0.900. The number of amides is 1. The van der Waals surface area contributed by atoms with Gasteiger partial charge in [-0.3, -0.25) is 9.63 Å². The Morgan fingerprint density at radius 3 is 2.29 bits per heavy atom. The molecule has 1 heterocycles. The van der Waals surface area contributed by atoms with Crippen molar-refractivity contribution in [2.45, 2.75) is 31.9 Å². The summed E-state index contributed by atoms with van der Waals surface area (Å²) in [5.74, 6) is -0.214. The summed E-state index contributed by atoms with van der Waals surface area (Å²) in [4.78, 5) is 17.4. The van der Waals surface area contributed by atoms with E-state index in [2.05, 4.69) is 4.84 Å². The molecule has 0 aliphatic carbocycles. The van der Waals surface area contributed by atoms with E-state index in [-0.39, 0.29) is 12.5 Å². The summed E-state index contributed by atoms with van der Waals surface area (Å²) in [6, 6.07) is 0. The lowest BCUT2D eigenvalue weighted by molar-refractivity contribution is -0.190. The average Bonchev–Trinajstić information content (AvgIpc) is 2.51. The summed E-state index contributed by atoms with van der Waals surface area (Å²) >= 11 is 0. The van der Waals surface area contributed by atoms with Crippen LogP contribution in [0.2, 0.25) is 0 Å². The van der Waals surface area contributed by atoms with Crippen LogP contribution in [0.4, 0.5) is 13.2 Å². The van der Waals surface area contributed by atoms with Gasteiger partial charge in [0.05, 0.1) is 0 Å². The molecule has 1 aliphatic rings. The molecular formula is C10H17F3N2O2. The third kappa shape index (κ3) is 6.48. The molecule has 1 rings (SSSR count). The second-order valence-electron chi connectivity index (χ2n) is 4.02. The summed E-state index contributed by atoms with van der Waals surface area (Å²) in [6.45, 7) is -0.240. The lowest BCUT2D eigenvalue weighted by Gasteiger charge is -2.20. The zero-order chi connectivity index (χ0) is 12.7. The van der Waals surface area contributed by atoms with Crippen LogP contribution >= 0.6 is 0 Å². The molecule has 1 N–H and O–H groups in total. The second kappa shape index (κ2) is 6.80. The van der Waals surface area contributed by atoms with Crippen LogP contribution in [-0.4, -0.2) is 43.2 Å². The Morgan fingerprint density at radius 2 is 1.76 bits per heavy atom. The molecule has 0 aromatic rings. The van der Waals surface area contributed by atoms with Crippen molar-refractivity contribution < 1.29 is 22.8 Å². The Kier molecular flexibility index (Phi) is 5.70. The van der Waals surface area contributed by atoms with E-state index in [0.29, 0.717) is 13.1 Å². The van der Waals surface area contributed by atoms with Crippen molar-refractivity contribution >= 4 is 5.91 Å². The van der Waals surface area contributed by atoms with Crippen LogP contribution in [0.1, 0.15) is 25.7 Å². The molecule has 0 saturated carbocycles. The third-order valence-electron chi connectivity index (χ3n) is 2.52. The molecule has 100 valence electrons. The minimum absolute atomic E-state index is 0.212. The predicted octanol–water partition coefficient (Wildman–Crippen LogP) is 1.47. The smallest absolute Gasteiger partial charge is 0.342 e. The van der Waals surface area contributed by atoms with Crippen molar-refractivity contribution in [3.05, 3.63) is 0 Å². The van der Waals surface area contributed by atoms with Gasteiger partial charge >= 0.3 is 6.18 Å². The molecule has 0 atom stereocenters. The molecule has 0 bridgehead atoms. The molecule has 4 nitrogen and oxygen atoms in total. The maximum Gasteiger partial charge on any atom is 0.413 e. The van der Waals surface area contributed by atoms with Crippen LogP contribution in [-0.2, 0) is 9.63 Å². The highest BCUT2D eigenvalue weighted by Crippen LogP contribution is 2.13. The molecule has 0 radical (unpaired) electrons. The molecule has 1 aliphatic heterocycles. The van der Waals surface area contributed by atoms with Crippen molar-refractivity contribution in [3.8, 4) is 0 Å². The lowest BCUT2D eigenvalue weighted by atomic mass is 10.2. The van der Waals surface area contributed by atoms with Gasteiger partial charge in [-0.05, 0) is 12.8 Å². The second-order valence-corrected chi connectivity index (χ2v) is 4.02. The van der Waals surface area contributed by atoms with Gasteiger partial charge in [-0.1, -0.05) is 12.8 Å². The SMILES string of the molecule is O=C(CNOCC(F)(F)F)N1CCCCCC1. The van der Waals surface area contributed by atoms with E-state index in [1.807, 2.05) is 5.48 Å². The highest BCUT2D eigenvalue weighted by Gasteiger charge is 2.28. The first-order chi connectivity index (χ1) is 7.99. The molecule has 0 unspecified atom stereocenters. The molecule has 1 amide bonds. The largest absolute Gasteiger partial charge is 0.413 e. The maximum absolute atomic E-state index is 11.7. The quantitative estimate of drug-likeness (QED) is 0.610. The van der Waals surface area contributed by atoms with Crippen LogP contribution in [0.5, 0.6) is 0 Å². The zero-order valence-electron chi connectivity index (χ0n) is 9.55. The van der Waals surface area contributed by atoms with Gasteiger partial charge in [0.25, 0.3) is 0 Å². The predicted molar refractivity (Wildman–Crippen MR) is 55.1 cm³/mol. The summed E-state index contributed by atoms with van der Waals surface area (Å²) < 4.78 is 35.2. The topological polar surface area (TPSA) is 41.6 Å². The standard InChI is InChI=1S/C10H17F3N2O2/c11-10(12,13)8-17-14-7-9(16)15-5-3-1-2-4-6-15/h14H,1-8H2. The fourth-order valence-corrected chi connectivity index (χ4v) is 1.68. The van der Waals surface area contributed by atoms with E-state index in [9.17, 15) is 18.0 Å². The summed E-state index contributed by atoms with van der Waals surface area (Å²) in [5, 5.41) is 0. The van der Waals surface area contributed by atoms with E-state index in [1.54, 1.807) is 4.90 Å². The third-order valence-corrected chi connectivity index (χ3v) is 2.52. The summed E-state index contributed by atoms with van der Waals surface area (Å²) in [5.41, 5.74) is 2.05. The minimum Gasteiger partial charge on any atom is -0.342 e. The number of nitrogens with zero attached hydrogens (tertiary/aromatic N) is 1. The maximum atomic E-state index is 11.7. The Morgan fingerprint density at radius 1 is 1.18 bits per heavy atom. The van der Waals surface area contributed by atoms with E-state index in [1.165, 1.54) is 0 Å². The average molecular weight is 254 g/mol. The van der Waals surface area contributed by atoms with E-state index in [0.717, 1.165) is 25.7 Å². The number of hydroxylamine groups is 1. The van der Waals surface area contributed by atoms with Gasteiger partial charge in [-0.2, -0.15) is 18.7 Å². The Bertz CT molecular complexity index is 238. The van der Waals surface area contributed by atoms with Crippen LogP contribution in [0.25, 0.3) is 0 Å². The van der Waals surface area contributed by atoms with Gasteiger partial charge in [0, 0.05) is 13.1 Å². The summed E-state index contributed by atoms with van der Waals surface area (Å²) in [7, 11) is 0. The number of likely N-dealkylation sites (tertiary alicyclic amines) is 1. The molecule has 0 aromatic heterocycles. The van der Waals surface area contributed by atoms with E-state index >= 15 is 0 Å². The number of halogens is 3. The molecule has 7 heteroatoms. The fourth-order valence-electron chi connectivity index (χ4n) is 1.68. The number of nitrogens with one attached hydrogen (secondary N) is 1. The van der Waals surface area contributed by atoms with Gasteiger partial charge in [0.1, 0.15) is 6.54 Å². The van der Waals surface area contributed by atoms with Gasteiger partial charge in [0.2, 0.25) is 5.91 Å². The zero-order valence-corrected chi connectivity index (χ0v) is 9.55. The van der Waals surface area contributed by atoms with Crippen molar-refractivity contribution in [2.24, 2.45) is 0 Å². The number of alkyl halides is 3. The minimum atomic E-state index is -4.38. The first-order valence-electron chi connectivity index (χ1n) is 5.68. The number of rotatable bonds is 4. The van der Waals surface area contributed by atoms with Crippen LogP contribution in [0.15, 0.2) is 0 Å². The molecule has 0 spiro atoms. The van der Waals surface area contributed by atoms with Gasteiger partial charge in [0.15, 0.2) is 6.61 Å². The Labute approximate surface area is 98.1 Å². The monoisotopic (exact) mass is 254 g/mol. The van der Waals surface area contributed by atoms with Crippen LogP contribution < -0.4 is 5.48 Å². The van der Waals surface area contributed by atoms with Crippen molar-refractivity contribution in [1.82, 2.24) is 10.4 Å². The van der Waals surface area contributed by atoms with Crippen LogP contribution in [0.3, 0.4) is 0 Å². The van der Waals surface area contributed by atoms with E-state index in [4.69, 9.17) is 0 Å². The molecule has 1 fully saturated rings. The van der Waals surface area contributed by atoms with Gasteiger partial charge in [-0.15, -0.1) is 0 Å². The first kappa shape index (κ1) is 14.2. The van der Waals surface area contributed by atoms with Crippen molar-refractivity contribution in [1.29, 1.82) is 0 Å². The van der Waals surface area contributed by atoms with Crippen molar-refractivity contribution in [2.75, 3.05) is 26.2 Å². The molecule has 17 heavy (non-hydrogen) atoms. The molecule has 1 saturated heterocycles. The highest BCUT2D eigenvalue weighted by molar-refractivity contribution is 5.78. The van der Waals surface area contributed by atoms with Crippen LogP contribution in [0, 0.1) is 0 Å². The first-order valence-corrected chi connectivity index (χ1v) is 5.68. The number of carbonyl (C=O) groups excluding carboxylic acids is 1. The summed E-state index contributed by atoms with van der Waals surface area (Å²) in [6.07, 6.45) is -0.271. The highest BCUT2D eigenvalue weighted by atomic mass is 19.4. The Balaban J connectivity index is 2.15. The normalized spacial score (nSPS) is 17.9. The Hall–Kier alpha value is -0.820. The molecule has 0 aromatic carbocycles. The van der Waals surface area contributed by atoms with Gasteiger partial charge < -0.3 is 4.90 Å².